The highest BCUT2D eigenvalue weighted by molar-refractivity contribution is 5.78. The molecule has 0 saturated carbocycles. The molecular formula is C78H137F2NO6. The summed E-state index contributed by atoms with van der Waals surface area (Å²) in [6.07, 6.45) is 11.6. The van der Waals surface area contributed by atoms with Crippen LogP contribution >= 0.6 is 0 Å². The number of benzene rings is 3. The molecule has 1 fully saturated rings. The molecular weight excluding hydrogens is 1080 g/mol. The Labute approximate surface area is 537 Å². The first-order valence-corrected chi connectivity index (χ1v) is 32.9. The van der Waals surface area contributed by atoms with E-state index >= 15 is 0 Å². The molecule has 0 bridgehead atoms. The molecule has 0 aliphatic carbocycles. The Morgan fingerprint density at radius 3 is 1.08 bits per heavy atom. The van der Waals surface area contributed by atoms with E-state index in [1.807, 2.05) is 39.5 Å². The third-order valence-corrected chi connectivity index (χ3v) is 16.3. The second-order valence-corrected chi connectivity index (χ2v) is 24.1. The van der Waals surface area contributed by atoms with E-state index in [9.17, 15) is 18.4 Å². The fourth-order valence-corrected chi connectivity index (χ4v) is 8.18. The molecule has 1 aliphatic heterocycles. The number of ketones is 1. The molecule has 7 nitrogen and oxygen atoms in total. The van der Waals surface area contributed by atoms with Gasteiger partial charge >= 0.3 is 5.97 Å². The number of aldehydes is 1. The molecule has 87 heavy (non-hydrogen) atoms. The van der Waals surface area contributed by atoms with Gasteiger partial charge in [0, 0.05) is 40.2 Å². The topological polar surface area (TPSA) is 82.1 Å². The van der Waals surface area contributed by atoms with E-state index in [1.165, 1.54) is 96.0 Å². The van der Waals surface area contributed by atoms with E-state index in [0.717, 1.165) is 70.2 Å². The number of Topliss-reactive ketones (excluding diaryl/α,β-unsaturated/α-hetero) is 1. The zero-order chi connectivity index (χ0) is 69.3. The zero-order valence-electron chi connectivity index (χ0n) is 62.0. The Morgan fingerprint density at radius 1 is 0.552 bits per heavy atom. The van der Waals surface area contributed by atoms with E-state index in [2.05, 4.69) is 185 Å². The summed E-state index contributed by atoms with van der Waals surface area (Å²) >= 11 is 0. The SMILES string of the molecule is C=C(C)C(C)CC(CC)OC.C=C(C)[C@@H](C)C(C)C.C=C(C)[C@@H](C)C[C@@H](CC)OC.CC.CC.CC(=O)C(C)C(C)C.CC=O.COC(C)=O.Cc1cc(F)c(N2CCCCC2)c(F)c1.Cc1ccc(C(C)CC[C@@H](C)c2ccc(C)c(C)c2)cc1C. The zero-order valence-corrected chi connectivity index (χ0v) is 62.0. The number of hydrogen-bond donors (Lipinski definition) is 0. The van der Waals surface area contributed by atoms with Crippen LogP contribution in [0.3, 0.4) is 0 Å². The van der Waals surface area contributed by atoms with Gasteiger partial charge in [-0.15, -0.1) is 0 Å². The van der Waals surface area contributed by atoms with Crippen molar-refractivity contribution in [3.05, 3.63) is 136 Å². The Kier molecular flexibility index (Phi) is 60.7. The quantitative estimate of drug-likeness (QED) is 0.0633. The largest absolute Gasteiger partial charge is 0.469 e. The molecule has 1 heterocycles. The van der Waals surface area contributed by atoms with Crippen LogP contribution in [0.1, 0.15) is 261 Å². The first-order chi connectivity index (χ1) is 40.6. The van der Waals surface area contributed by atoms with Gasteiger partial charge in [-0.1, -0.05) is 184 Å². The fraction of sp³-hybridized carbons (Fsp3) is 0.654. The van der Waals surface area contributed by atoms with Crippen LogP contribution in [0.4, 0.5) is 14.5 Å². The van der Waals surface area contributed by atoms with Crippen LogP contribution in [-0.4, -0.2) is 64.7 Å². The van der Waals surface area contributed by atoms with Crippen molar-refractivity contribution in [2.24, 2.45) is 35.5 Å². The maximum absolute atomic E-state index is 13.6. The summed E-state index contributed by atoms with van der Waals surface area (Å²) in [5, 5.41) is 0. The minimum Gasteiger partial charge on any atom is -0.469 e. The van der Waals surface area contributed by atoms with Crippen molar-refractivity contribution in [3.63, 3.8) is 0 Å². The number of hydrogen-bond acceptors (Lipinski definition) is 7. The van der Waals surface area contributed by atoms with Gasteiger partial charge in [-0.3, -0.25) is 9.59 Å². The Hall–Kier alpha value is -4.73. The fourth-order valence-electron chi connectivity index (χ4n) is 8.18. The number of methoxy groups -OCH3 is 3. The number of nitrogens with zero attached hydrogens (tertiary/aromatic N) is 1. The number of carbonyl (C=O) groups is 3. The smallest absolute Gasteiger partial charge is 0.302 e. The second-order valence-electron chi connectivity index (χ2n) is 24.1. The Morgan fingerprint density at radius 2 is 0.874 bits per heavy atom. The van der Waals surface area contributed by atoms with Gasteiger partial charge in [-0.05, 0) is 220 Å². The first kappa shape index (κ1) is 93.4. The van der Waals surface area contributed by atoms with E-state index in [1.54, 1.807) is 28.1 Å². The number of carbonyl (C=O) groups excluding carboxylic acids is 3. The summed E-state index contributed by atoms with van der Waals surface area (Å²) in [5.41, 5.74) is 13.1. The van der Waals surface area contributed by atoms with Gasteiger partial charge in [0.25, 0.3) is 0 Å². The van der Waals surface area contributed by atoms with Crippen LogP contribution in [0.15, 0.2) is 85.0 Å². The van der Waals surface area contributed by atoms with Crippen LogP contribution in [0.25, 0.3) is 0 Å². The molecule has 0 amide bonds. The van der Waals surface area contributed by atoms with Gasteiger partial charge < -0.3 is 23.9 Å². The number of anilines is 1. The summed E-state index contributed by atoms with van der Waals surface area (Å²) in [7, 11) is 4.90. The lowest BCUT2D eigenvalue weighted by molar-refractivity contribution is -0.138. The summed E-state index contributed by atoms with van der Waals surface area (Å²) in [6, 6.07) is 16.6. The number of halogens is 2. The monoisotopic (exact) mass is 1220 g/mol. The minimum absolute atomic E-state index is 0.153. The van der Waals surface area contributed by atoms with Gasteiger partial charge in [0.2, 0.25) is 0 Å². The molecule has 504 valence electrons. The summed E-state index contributed by atoms with van der Waals surface area (Å²) in [4.78, 5) is 30.8. The third-order valence-electron chi connectivity index (χ3n) is 16.3. The van der Waals surface area contributed by atoms with Crippen molar-refractivity contribution >= 4 is 23.7 Å². The van der Waals surface area contributed by atoms with Crippen LogP contribution < -0.4 is 4.90 Å². The number of piperidine rings is 1. The molecule has 0 aromatic heterocycles. The van der Waals surface area contributed by atoms with Crippen molar-refractivity contribution in [3.8, 4) is 0 Å². The molecule has 4 rings (SSSR count). The number of ether oxygens (including phenoxy) is 3. The lowest BCUT2D eigenvalue weighted by Gasteiger charge is -2.29. The van der Waals surface area contributed by atoms with Gasteiger partial charge in [0.05, 0.1) is 19.3 Å². The highest BCUT2D eigenvalue weighted by Crippen LogP contribution is 2.30. The highest BCUT2D eigenvalue weighted by Gasteiger charge is 2.20. The molecule has 0 radical (unpaired) electrons. The Balaban J connectivity index is -0.000000225. The van der Waals surface area contributed by atoms with Crippen molar-refractivity contribution < 1.29 is 37.4 Å². The third kappa shape index (κ3) is 47.0. The molecule has 1 aliphatic rings. The summed E-state index contributed by atoms with van der Waals surface area (Å²) in [5.74, 6) is 3.75. The number of aryl methyl sites for hydroxylation is 5. The van der Waals surface area contributed by atoms with Crippen LogP contribution in [0, 0.1) is 81.8 Å². The normalized spacial score (nSPS) is 13.7. The molecule has 1 saturated heterocycles. The lowest BCUT2D eigenvalue weighted by Crippen LogP contribution is -2.31. The predicted molar refractivity (Wildman–Crippen MR) is 380 cm³/mol. The van der Waals surface area contributed by atoms with Gasteiger partial charge in [0.1, 0.15) is 29.4 Å². The predicted octanol–water partition coefficient (Wildman–Crippen LogP) is 23.1. The molecule has 0 N–H and O–H groups in total. The van der Waals surface area contributed by atoms with Crippen molar-refractivity contribution in [2.45, 2.75) is 269 Å². The van der Waals surface area contributed by atoms with Gasteiger partial charge in [-0.25, -0.2) is 8.78 Å². The molecule has 3 aromatic rings. The maximum Gasteiger partial charge on any atom is 0.302 e. The van der Waals surface area contributed by atoms with Gasteiger partial charge in [0.15, 0.2) is 0 Å². The number of rotatable bonds is 20. The standard InChI is InChI=1S/C22H30.C12H15F2N.2C10H20O.C8H16.C7H14O.C3H6O2.C2H4O.2C2H6/c1-15-9-11-21(13-19(15)5)17(3)7-8-18(4)22-12-10-16(2)20(6)14-22;1-9-7-10(13)12(11(14)8-9)15-5-3-2-4-6-15;2*1-6-10(11-5)7-9(4)8(2)3;1-6(2)8(5)7(3)4;1-5(2)6(3)7(4)8;1-3(4)5-2;1-2-3;2*1-2/h9-14,17-18H,7-8H2,1-6H3;7-8H,2-6H2,1H3;2*9-10H,2,6-7H2,1,3-5H3;7-8H,1H2,2-5H3;5-6H,1-4H3;1-2H3;2H,1H3;2*1-2H3/t17-,18?;;9-,10+;;8-;;;;;/m1.0.1...../s1. The molecule has 3 aromatic carbocycles. The summed E-state index contributed by atoms with van der Waals surface area (Å²) < 4.78 is 41.9. The van der Waals surface area contributed by atoms with Crippen LogP contribution in [0.5, 0.6) is 0 Å². The van der Waals surface area contributed by atoms with Crippen molar-refractivity contribution in [2.75, 3.05) is 39.3 Å². The van der Waals surface area contributed by atoms with E-state index < -0.39 is 11.6 Å². The average molecular weight is 1220 g/mol. The van der Waals surface area contributed by atoms with E-state index in [-0.39, 0.29) is 17.6 Å². The van der Waals surface area contributed by atoms with E-state index in [0.29, 0.717) is 59.1 Å². The van der Waals surface area contributed by atoms with Crippen molar-refractivity contribution in [1.29, 1.82) is 0 Å². The Bertz CT molecular complexity index is 2120. The molecule has 0 spiro atoms. The minimum atomic E-state index is -0.436. The van der Waals surface area contributed by atoms with E-state index in [4.69, 9.17) is 14.3 Å². The van der Waals surface area contributed by atoms with Crippen LogP contribution in [0.2, 0.25) is 0 Å². The van der Waals surface area contributed by atoms with Gasteiger partial charge in [-0.2, -0.15) is 0 Å². The first-order valence-electron chi connectivity index (χ1n) is 32.9. The molecule has 9 heteroatoms. The van der Waals surface area contributed by atoms with Crippen LogP contribution in [-0.2, 0) is 28.6 Å². The molecule has 4 unspecified atom stereocenters. The molecule has 8 atom stereocenters. The maximum atomic E-state index is 13.6. The summed E-state index contributed by atoms with van der Waals surface area (Å²) in [6.45, 7) is 68.6. The number of allylic oxidation sites excluding steroid dienone is 3. The van der Waals surface area contributed by atoms with Crippen molar-refractivity contribution in [1.82, 2.24) is 0 Å². The second kappa shape index (κ2) is 56.5. The number of esters is 1. The highest BCUT2D eigenvalue weighted by atomic mass is 19.1. The average Bonchev–Trinajstić information content (AvgIpc) is 3.22. The lowest BCUT2D eigenvalue weighted by atomic mass is 9.87.